The van der Waals surface area contributed by atoms with Crippen LogP contribution in [0.5, 0.6) is 0 Å². The van der Waals surface area contributed by atoms with E-state index in [2.05, 4.69) is 10.3 Å². The van der Waals surface area contributed by atoms with Gasteiger partial charge in [-0.25, -0.2) is 4.98 Å². The molecular formula is C14H21N3O2. The summed E-state index contributed by atoms with van der Waals surface area (Å²) < 4.78 is 7.78. The van der Waals surface area contributed by atoms with Crippen LogP contribution >= 0.6 is 0 Å². The first kappa shape index (κ1) is 12.7. The van der Waals surface area contributed by atoms with Crippen LogP contribution in [0, 0.1) is 0 Å². The van der Waals surface area contributed by atoms with Gasteiger partial charge in [-0.15, -0.1) is 0 Å². The largest absolute Gasteiger partial charge is 0.373 e. The Labute approximate surface area is 113 Å². The van der Waals surface area contributed by atoms with Crippen molar-refractivity contribution in [2.24, 2.45) is 7.05 Å². The molecule has 104 valence electrons. The van der Waals surface area contributed by atoms with Crippen LogP contribution in [0.25, 0.3) is 0 Å². The van der Waals surface area contributed by atoms with Crippen LogP contribution in [0.3, 0.4) is 0 Å². The van der Waals surface area contributed by atoms with Crippen molar-refractivity contribution < 1.29 is 9.53 Å². The summed E-state index contributed by atoms with van der Waals surface area (Å²) in [6.45, 7) is 0.637. The highest BCUT2D eigenvalue weighted by Gasteiger charge is 2.41. The Hall–Kier alpha value is -1.36. The van der Waals surface area contributed by atoms with Gasteiger partial charge in [-0.3, -0.25) is 4.79 Å². The number of carbonyl (C=O) groups excluding carboxylic acids is 1. The van der Waals surface area contributed by atoms with Crippen LogP contribution in [0.2, 0.25) is 0 Å². The first-order chi connectivity index (χ1) is 9.17. The Balaban J connectivity index is 1.58. The van der Waals surface area contributed by atoms with Crippen molar-refractivity contribution in [3.63, 3.8) is 0 Å². The van der Waals surface area contributed by atoms with Crippen molar-refractivity contribution >= 4 is 5.91 Å². The van der Waals surface area contributed by atoms with Crippen LogP contribution in [0.15, 0.2) is 12.5 Å². The average molecular weight is 263 g/mol. The lowest BCUT2D eigenvalue weighted by atomic mass is 9.82. The SMILES string of the molecule is Cn1cnc(C(=O)N[C@H]2COC3(CCCCC3)C2)c1. The molecule has 1 aromatic heterocycles. The Morgan fingerprint density at radius 2 is 2.26 bits per heavy atom. The second-order valence-corrected chi connectivity index (χ2v) is 5.85. The molecule has 2 fully saturated rings. The topological polar surface area (TPSA) is 56.2 Å². The van der Waals surface area contributed by atoms with E-state index in [4.69, 9.17) is 4.74 Å². The Morgan fingerprint density at radius 3 is 2.95 bits per heavy atom. The van der Waals surface area contributed by atoms with E-state index in [9.17, 15) is 4.79 Å². The Kier molecular flexibility index (Phi) is 3.31. The maximum Gasteiger partial charge on any atom is 0.271 e. The number of hydrogen-bond donors (Lipinski definition) is 1. The van der Waals surface area contributed by atoms with Crippen LogP contribution in [-0.2, 0) is 11.8 Å². The molecule has 1 aliphatic carbocycles. The molecule has 3 rings (SSSR count). The summed E-state index contributed by atoms with van der Waals surface area (Å²) in [6, 6.07) is 0.132. The standard InChI is InChI=1S/C14H21N3O2/c1-17-8-12(15-10-17)13(18)16-11-7-14(19-9-11)5-3-2-4-6-14/h8,10-11H,2-7,9H2,1H3,(H,16,18)/t11-/m1/s1. The fraction of sp³-hybridized carbons (Fsp3) is 0.714. The van der Waals surface area contributed by atoms with Gasteiger partial charge in [-0.05, 0) is 19.3 Å². The fourth-order valence-corrected chi connectivity index (χ4v) is 3.27. The van der Waals surface area contributed by atoms with Crippen molar-refractivity contribution in [2.75, 3.05) is 6.61 Å². The molecule has 19 heavy (non-hydrogen) atoms. The molecule has 1 aromatic rings. The van der Waals surface area contributed by atoms with Crippen LogP contribution in [0.4, 0.5) is 0 Å². The second-order valence-electron chi connectivity index (χ2n) is 5.85. The van der Waals surface area contributed by atoms with E-state index in [0.29, 0.717) is 12.3 Å². The van der Waals surface area contributed by atoms with Crippen molar-refractivity contribution in [3.8, 4) is 0 Å². The molecular weight excluding hydrogens is 242 g/mol. The minimum absolute atomic E-state index is 0.0420. The van der Waals surface area contributed by atoms with E-state index in [1.165, 1.54) is 19.3 Å². The molecule has 2 aliphatic rings. The molecule has 1 atom stereocenters. The number of nitrogens with zero attached hydrogens (tertiary/aromatic N) is 2. The highest BCUT2D eigenvalue weighted by molar-refractivity contribution is 5.92. The Morgan fingerprint density at radius 1 is 1.47 bits per heavy atom. The molecule has 0 aromatic carbocycles. The van der Waals surface area contributed by atoms with Crippen LogP contribution < -0.4 is 5.32 Å². The van der Waals surface area contributed by atoms with Gasteiger partial charge >= 0.3 is 0 Å². The average Bonchev–Trinajstić information content (AvgIpc) is 2.98. The number of rotatable bonds is 2. The van der Waals surface area contributed by atoms with Crippen LogP contribution in [-0.4, -0.2) is 33.7 Å². The van der Waals surface area contributed by atoms with Gasteiger partial charge < -0.3 is 14.6 Å². The van der Waals surface area contributed by atoms with E-state index in [1.54, 1.807) is 17.1 Å². The lowest BCUT2D eigenvalue weighted by molar-refractivity contribution is -0.0246. The van der Waals surface area contributed by atoms with E-state index >= 15 is 0 Å². The zero-order valence-corrected chi connectivity index (χ0v) is 11.4. The fourth-order valence-electron chi connectivity index (χ4n) is 3.27. The number of hydrogen-bond acceptors (Lipinski definition) is 3. The first-order valence-corrected chi connectivity index (χ1v) is 7.10. The molecule has 1 amide bonds. The third-order valence-corrected chi connectivity index (χ3v) is 4.25. The highest BCUT2D eigenvalue weighted by Crippen LogP contribution is 2.39. The minimum Gasteiger partial charge on any atom is -0.373 e. The van der Waals surface area contributed by atoms with Crippen LogP contribution in [0.1, 0.15) is 49.0 Å². The minimum atomic E-state index is -0.0953. The number of ether oxygens (including phenoxy) is 1. The molecule has 0 radical (unpaired) electrons. The lowest BCUT2D eigenvalue weighted by Crippen LogP contribution is -2.37. The monoisotopic (exact) mass is 263 g/mol. The predicted molar refractivity (Wildman–Crippen MR) is 70.8 cm³/mol. The van der Waals surface area contributed by atoms with Crippen molar-refractivity contribution in [2.45, 2.75) is 50.2 Å². The van der Waals surface area contributed by atoms with Gasteiger partial charge in [0.25, 0.3) is 5.91 Å². The summed E-state index contributed by atoms with van der Waals surface area (Å²) in [6.07, 6.45) is 10.4. The van der Waals surface area contributed by atoms with Gasteiger partial charge in [-0.1, -0.05) is 19.3 Å². The molecule has 1 aliphatic heterocycles. The zero-order chi connectivity index (χ0) is 13.3. The normalized spacial score (nSPS) is 25.6. The quantitative estimate of drug-likeness (QED) is 0.882. The number of nitrogens with one attached hydrogen (secondary N) is 1. The number of carbonyl (C=O) groups is 1. The van der Waals surface area contributed by atoms with E-state index in [1.807, 2.05) is 7.05 Å². The van der Waals surface area contributed by atoms with E-state index in [0.717, 1.165) is 19.3 Å². The summed E-state index contributed by atoms with van der Waals surface area (Å²) in [5.41, 5.74) is 0.521. The lowest BCUT2D eigenvalue weighted by Gasteiger charge is -2.32. The zero-order valence-electron chi connectivity index (χ0n) is 11.4. The smallest absolute Gasteiger partial charge is 0.271 e. The molecule has 5 nitrogen and oxygen atoms in total. The molecule has 1 saturated carbocycles. The van der Waals surface area contributed by atoms with Crippen molar-refractivity contribution in [1.82, 2.24) is 14.9 Å². The number of amides is 1. The van der Waals surface area contributed by atoms with Crippen molar-refractivity contribution in [1.29, 1.82) is 0 Å². The molecule has 1 saturated heterocycles. The highest BCUT2D eigenvalue weighted by atomic mass is 16.5. The molecule has 0 unspecified atom stereocenters. The maximum atomic E-state index is 12.0. The third kappa shape index (κ3) is 2.66. The summed E-state index contributed by atoms with van der Waals surface area (Å²) in [5, 5.41) is 3.04. The van der Waals surface area contributed by atoms with E-state index in [-0.39, 0.29) is 17.6 Å². The third-order valence-electron chi connectivity index (χ3n) is 4.25. The van der Waals surface area contributed by atoms with Crippen molar-refractivity contribution in [3.05, 3.63) is 18.2 Å². The molecule has 2 heterocycles. The summed E-state index contributed by atoms with van der Waals surface area (Å²) >= 11 is 0. The number of imidazole rings is 1. The summed E-state index contributed by atoms with van der Waals surface area (Å²) in [4.78, 5) is 16.1. The first-order valence-electron chi connectivity index (χ1n) is 7.10. The maximum absolute atomic E-state index is 12.0. The second kappa shape index (κ2) is 4.96. The molecule has 0 bridgehead atoms. The predicted octanol–water partition coefficient (Wildman–Crippen LogP) is 1.64. The van der Waals surface area contributed by atoms with Gasteiger partial charge in [0.15, 0.2) is 0 Å². The molecule has 5 heteroatoms. The number of aryl methyl sites for hydroxylation is 1. The number of aromatic nitrogens is 2. The van der Waals surface area contributed by atoms with Gasteiger partial charge in [0, 0.05) is 13.2 Å². The van der Waals surface area contributed by atoms with Gasteiger partial charge in [0.2, 0.25) is 0 Å². The van der Waals surface area contributed by atoms with Gasteiger partial charge in [0.1, 0.15) is 5.69 Å². The summed E-state index contributed by atoms with van der Waals surface area (Å²) in [5.74, 6) is -0.0953. The summed E-state index contributed by atoms with van der Waals surface area (Å²) in [7, 11) is 1.86. The van der Waals surface area contributed by atoms with E-state index < -0.39 is 0 Å². The van der Waals surface area contributed by atoms with Gasteiger partial charge in [-0.2, -0.15) is 0 Å². The molecule has 1 spiro atoms. The Bertz CT molecular complexity index is 463. The van der Waals surface area contributed by atoms with Gasteiger partial charge in [0.05, 0.1) is 24.6 Å². The molecule has 1 N–H and O–H groups in total.